The van der Waals surface area contributed by atoms with Gasteiger partial charge in [0.25, 0.3) is 5.91 Å². The Kier molecular flexibility index (Phi) is 6.16. The highest BCUT2D eigenvalue weighted by Crippen LogP contribution is 2.25. The number of amides is 1. The molecule has 0 aliphatic carbocycles. The molecule has 26 heavy (non-hydrogen) atoms. The van der Waals surface area contributed by atoms with Crippen LogP contribution in [-0.2, 0) is 14.3 Å². The fourth-order valence-corrected chi connectivity index (χ4v) is 5.18. The maximum atomic E-state index is 12.7. The summed E-state index contributed by atoms with van der Waals surface area (Å²) in [5.41, 5.74) is 1.01. The van der Waals surface area contributed by atoms with Crippen LogP contribution in [0.4, 0.5) is 0 Å². The number of nitrogens with one attached hydrogen (secondary N) is 1. The average molecular weight is 395 g/mol. The van der Waals surface area contributed by atoms with Gasteiger partial charge in [-0.15, -0.1) is 23.1 Å². The molecule has 3 atom stereocenters. The van der Waals surface area contributed by atoms with Crippen molar-refractivity contribution in [3.05, 3.63) is 29.3 Å². The molecule has 3 rings (SSSR count). The van der Waals surface area contributed by atoms with Crippen molar-refractivity contribution in [2.45, 2.75) is 18.2 Å². The van der Waals surface area contributed by atoms with Crippen LogP contribution in [0.3, 0.4) is 0 Å². The van der Waals surface area contributed by atoms with Crippen molar-refractivity contribution >= 4 is 45.2 Å². The maximum Gasteiger partial charge on any atom is 0.320 e. The van der Waals surface area contributed by atoms with Gasteiger partial charge in [0.15, 0.2) is 11.6 Å². The van der Waals surface area contributed by atoms with Gasteiger partial charge in [0.2, 0.25) is 0 Å². The molecule has 2 aromatic rings. The highest BCUT2D eigenvalue weighted by atomic mass is 32.2. The number of esters is 1. The van der Waals surface area contributed by atoms with Crippen molar-refractivity contribution in [3.63, 3.8) is 0 Å². The number of rotatable bonds is 5. The SMILES string of the molecule is COC(=O)[C@@H]1CN(C(=O)C[NH+](C)[C@H](C)c2nc3ccccc3s2)CCS1. The number of fused-ring (bicyclic) bond motifs is 1. The van der Waals surface area contributed by atoms with Crippen molar-refractivity contribution in [1.82, 2.24) is 9.88 Å². The number of para-hydroxylation sites is 1. The first-order valence-corrected chi connectivity index (χ1v) is 10.5. The zero-order valence-corrected chi connectivity index (χ0v) is 16.9. The second-order valence-electron chi connectivity index (χ2n) is 6.49. The van der Waals surface area contributed by atoms with Crippen molar-refractivity contribution in [2.75, 3.05) is 39.5 Å². The number of benzene rings is 1. The molecule has 0 spiro atoms. The highest BCUT2D eigenvalue weighted by molar-refractivity contribution is 8.00. The summed E-state index contributed by atoms with van der Waals surface area (Å²) in [5.74, 6) is 0.582. The highest BCUT2D eigenvalue weighted by Gasteiger charge is 2.31. The average Bonchev–Trinajstić information content (AvgIpc) is 3.10. The van der Waals surface area contributed by atoms with E-state index in [-0.39, 0.29) is 23.2 Å². The van der Waals surface area contributed by atoms with Crippen LogP contribution >= 0.6 is 23.1 Å². The third kappa shape index (κ3) is 4.19. The Balaban J connectivity index is 1.62. The fourth-order valence-electron chi connectivity index (χ4n) is 2.94. The Morgan fingerprint density at radius 1 is 1.42 bits per heavy atom. The maximum absolute atomic E-state index is 12.7. The van der Waals surface area contributed by atoms with Crippen LogP contribution in [0.15, 0.2) is 24.3 Å². The van der Waals surface area contributed by atoms with E-state index in [0.717, 1.165) is 21.2 Å². The number of quaternary nitrogens is 1. The van der Waals surface area contributed by atoms with E-state index in [2.05, 4.69) is 13.0 Å². The molecule has 1 aliphatic heterocycles. The Hall–Kier alpha value is -1.64. The summed E-state index contributed by atoms with van der Waals surface area (Å²) in [6.07, 6.45) is 0. The molecule has 1 aromatic heterocycles. The van der Waals surface area contributed by atoms with Crippen LogP contribution in [0.5, 0.6) is 0 Å². The van der Waals surface area contributed by atoms with Gasteiger partial charge in [-0.1, -0.05) is 12.1 Å². The number of ether oxygens (including phenoxy) is 1. The molecule has 6 nitrogen and oxygen atoms in total. The van der Waals surface area contributed by atoms with Gasteiger partial charge >= 0.3 is 5.97 Å². The molecule has 0 bridgehead atoms. The molecule has 0 saturated carbocycles. The molecule has 2 heterocycles. The van der Waals surface area contributed by atoms with E-state index in [1.807, 2.05) is 25.2 Å². The quantitative estimate of drug-likeness (QED) is 0.767. The number of carbonyl (C=O) groups excluding carboxylic acids is 2. The fraction of sp³-hybridized carbons (Fsp3) is 0.500. The number of carbonyl (C=O) groups is 2. The molecule has 140 valence electrons. The summed E-state index contributed by atoms with van der Waals surface area (Å²) in [4.78, 5) is 32.0. The number of thioether (sulfide) groups is 1. The van der Waals surface area contributed by atoms with Gasteiger partial charge in [0.1, 0.15) is 11.3 Å². The Bertz CT molecular complexity index is 762. The van der Waals surface area contributed by atoms with Gasteiger partial charge in [0, 0.05) is 18.8 Å². The predicted octanol–water partition coefficient (Wildman–Crippen LogP) is 0.989. The number of nitrogens with zero attached hydrogens (tertiary/aromatic N) is 2. The van der Waals surface area contributed by atoms with E-state index in [1.54, 1.807) is 28.0 Å². The molecular weight excluding hydrogens is 370 g/mol. The summed E-state index contributed by atoms with van der Waals surface area (Å²) >= 11 is 3.24. The van der Waals surface area contributed by atoms with E-state index < -0.39 is 0 Å². The van der Waals surface area contributed by atoms with E-state index in [9.17, 15) is 9.59 Å². The zero-order chi connectivity index (χ0) is 18.7. The molecule has 1 saturated heterocycles. The number of hydrogen-bond acceptors (Lipinski definition) is 6. The second-order valence-corrected chi connectivity index (χ2v) is 8.86. The first kappa shape index (κ1) is 19.1. The molecule has 1 fully saturated rings. The largest absolute Gasteiger partial charge is 0.468 e. The minimum atomic E-state index is -0.278. The third-order valence-electron chi connectivity index (χ3n) is 4.73. The van der Waals surface area contributed by atoms with Gasteiger partial charge in [-0.05, 0) is 19.1 Å². The molecular formula is C18H24N3O3S2+. The lowest BCUT2D eigenvalue weighted by Gasteiger charge is -2.32. The standard InChI is InChI=1S/C18H23N3O3S2/c1-12(17-19-13-6-4-5-7-14(13)26-17)20(2)11-16(22)21-8-9-25-15(10-21)18(23)24-3/h4-7,12,15H,8-11H2,1-3H3/p+1/t12-,15+/m1/s1. The van der Waals surface area contributed by atoms with Crippen LogP contribution in [0.25, 0.3) is 10.2 Å². The Morgan fingerprint density at radius 3 is 2.92 bits per heavy atom. The lowest BCUT2D eigenvalue weighted by atomic mass is 10.3. The van der Waals surface area contributed by atoms with Crippen LogP contribution < -0.4 is 4.90 Å². The van der Waals surface area contributed by atoms with Gasteiger partial charge < -0.3 is 14.5 Å². The summed E-state index contributed by atoms with van der Waals surface area (Å²) in [5, 5.41) is 0.762. The van der Waals surface area contributed by atoms with E-state index in [1.165, 1.54) is 11.8 Å². The smallest absolute Gasteiger partial charge is 0.320 e. The molecule has 1 amide bonds. The van der Waals surface area contributed by atoms with E-state index >= 15 is 0 Å². The number of aromatic nitrogens is 1. The second kappa shape index (κ2) is 8.37. The molecule has 1 aromatic carbocycles. The van der Waals surface area contributed by atoms with Gasteiger partial charge in [-0.25, -0.2) is 4.98 Å². The number of thiazole rings is 1. The van der Waals surface area contributed by atoms with Crippen LogP contribution in [-0.4, -0.2) is 66.6 Å². The minimum Gasteiger partial charge on any atom is -0.468 e. The third-order valence-corrected chi connectivity index (χ3v) is 7.11. The van der Waals surface area contributed by atoms with Crippen LogP contribution in [0.2, 0.25) is 0 Å². The van der Waals surface area contributed by atoms with Crippen LogP contribution in [0.1, 0.15) is 18.0 Å². The van der Waals surface area contributed by atoms with Crippen molar-refractivity contribution in [3.8, 4) is 0 Å². The summed E-state index contributed by atoms with van der Waals surface area (Å²) < 4.78 is 5.98. The number of hydrogen-bond donors (Lipinski definition) is 1. The minimum absolute atomic E-state index is 0.0738. The monoisotopic (exact) mass is 394 g/mol. The van der Waals surface area contributed by atoms with Crippen molar-refractivity contribution in [1.29, 1.82) is 0 Å². The van der Waals surface area contributed by atoms with Crippen LogP contribution in [0, 0.1) is 0 Å². The van der Waals surface area contributed by atoms with Gasteiger partial charge in [0.05, 0.1) is 24.4 Å². The summed E-state index contributed by atoms with van der Waals surface area (Å²) in [6.45, 7) is 3.60. The van der Waals surface area contributed by atoms with Crippen molar-refractivity contribution in [2.24, 2.45) is 0 Å². The van der Waals surface area contributed by atoms with E-state index in [4.69, 9.17) is 9.72 Å². The zero-order valence-electron chi connectivity index (χ0n) is 15.2. The van der Waals surface area contributed by atoms with Crippen molar-refractivity contribution < 1.29 is 19.2 Å². The van der Waals surface area contributed by atoms with E-state index in [0.29, 0.717) is 19.6 Å². The topological polar surface area (TPSA) is 63.9 Å². The predicted molar refractivity (Wildman–Crippen MR) is 105 cm³/mol. The first-order chi connectivity index (χ1) is 12.5. The molecule has 8 heteroatoms. The molecule has 1 unspecified atom stereocenters. The number of methoxy groups -OCH3 is 1. The Labute approximate surface area is 161 Å². The molecule has 1 N–H and O–H groups in total. The molecule has 1 aliphatic rings. The van der Waals surface area contributed by atoms with Gasteiger partial charge in [-0.3, -0.25) is 9.59 Å². The first-order valence-electron chi connectivity index (χ1n) is 8.64. The molecule has 0 radical (unpaired) electrons. The lowest BCUT2D eigenvalue weighted by Crippen LogP contribution is -3.10. The Morgan fingerprint density at radius 2 is 2.19 bits per heavy atom. The lowest BCUT2D eigenvalue weighted by molar-refractivity contribution is -0.902. The summed E-state index contributed by atoms with van der Waals surface area (Å²) in [7, 11) is 3.41. The number of likely N-dealkylation sites (N-methyl/N-ethyl adjacent to an activating group) is 1. The summed E-state index contributed by atoms with van der Waals surface area (Å²) in [6, 6.07) is 8.22. The normalized spacial score (nSPS) is 20.0. The van der Waals surface area contributed by atoms with Gasteiger partial charge in [-0.2, -0.15) is 0 Å².